The van der Waals surface area contributed by atoms with Gasteiger partial charge < -0.3 is 20.3 Å². The van der Waals surface area contributed by atoms with Crippen LogP contribution in [0.4, 0.5) is 0 Å². The fourth-order valence-electron chi connectivity index (χ4n) is 1.46. The number of halogens is 1. The van der Waals surface area contributed by atoms with Crippen molar-refractivity contribution >= 4 is 15.9 Å². The molecule has 0 spiro atoms. The molecule has 5 heteroatoms. The second kappa shape index (κ2) is 4.38. The molecular weight excluding hydrogens is 262 g/mol. The summed E-state index contributed by atoms with van der Waals surface area (Å²) in [5.41, 5.74) is 6.12. The van der Waals surface area contributed by atoms with Gasteiger partial charge in [0, 0.05) is 6.54 Å². The molecular formula is C10H12BrNO3. The predicted molar refractivity (Wildman–Crippen MR) is 59.1 cm³/mol. The molecule has 0 fully saturated rings. The van der Waals surface area contributed by atoms with Gasteiger partial charge in [0.2, 0.25) is 0 Å². The second-order valence-electron chi connectivity index (χ2n) is 3.28. The van der Waals surface area contributed by atoms with Gasteiger partial charge in [-0.1, -0.05) is 0 Å². The summed E-state index contributed by atoms with van der Waals surface area (Å²) in [6.07, 6.45) is -0.669. The Labute approximate surface area is 96.1 Å². The van der Waals surface area contributed by atoms with E-state index in [2.05, 4.69) is 15.9 Å². The minimum Gasteiger partial charge on any atom is -0.486 e. The van der Waals surface area contributed by atoms with Crippen LogP contribution in [0, 0.1) is 0 Å². The number of aliphatic hydroxyl groups is 1. The van der Waals surface area contributed by atoms with Crippen LogP contribution in [0.15, 0.2) is 16.6 Å². The number of aliphatic hydroxyl groups excluding tert-OH is 1. The Hall–Kier alpha value is -0.780. The zero-order valence-electron chi connectivity index (χ0n) is 8.07. The minimum atomic E-state index is -0.669. The molecule has 1 atom stereocenters. The molecule has 4 nitrogen and oxygen atoms in total. The lowest BCUT2D eigenvalue weighted by molar-refractivity contribution is 0.165. The van der Waals surface area contributed by atoms with Crippen molar-refractivity contribution in [2.75, 3.05) is 19.8 Å². The zero-order valence-corrected chi connectivity index (χ0v) is 9.66. The van der Waals surface area contributed by atoms with Crippen molar-refractivity contribution in [1.29, 1.82) is 0 Å². The van der Waals surface area contributed by atoms with Crippen molar-refractivity contribution in [3.05, 3.63) is 22.2 Å². The van der Waals surface area contributed by atoms with Crippen molar-refractivity contribution in [1.82, 2.24) is 0 Å². The van der Waals surface area contributed by atoms with Crippen LogP contribution in [0.2, 0.25) is 0 Å². The average molecular weight is 274 g/mol. The maximum atomic E-state index is 9.61. The lowest BCUT2D eigenvalue weighted by Gasteiger charge is -2.21. The van der Waals surface area contributed by atoms with Crippen molar-refractivity contribution < 1.29 is 14.6 Å². The van der Waals surface area contributed by atoms with Crippen LogP contribution < -0.4 is 15.2 Å². The zero-order chi connectivity index (χ0) is 10.8. The van der Waals surface area contributed by atoms with Gasteiger partial charge in [-0.05, 0) is 33.6 Å². The van der Waals surface area contributed by atoms with Crippen LogP contribution in [0.25, 0.3) is 0 Å². The Morgan fingerprint density at radius 2 is 2.13 bits per heavy atom. The summed E-state index contributed by atoms with van der Waals surface area (Å²) < 4.78 is 11.7. The van der Waals surface area contributed by atoms with Crippen LogP contribution in [0.1, 0.15) is 11.7 Å². The highest BCUT2D eigenvalue weighted by Crippen LogP contribution is 2.39. The largest absolute Gasteiger partial charge is 0.486 e. The first-order valence-corrected chi connectivity index (χ1v) is 5.49. The van der Waals surface area contributed by atoms with E-state index in [1.54, 1.807) is 12.1 Å². The Bertz CT molecular complexity index is 370. The van der Waals surface area contributed by atoms with E-state index < -0.39 is 6.10 Å². The normalized spacial score (nSPS) is 16.2. The van der Waals surface area contributed by atoms with Gasteiger partial charge in [-0.15, -0.1) is 0 Å². The lowest BCUT2D eigenvalue weighted by Crippen LogP contribution is -2.17. The lowest BCUT2D eigenvalue weighted by atomic mass is 10.1. The number of hydrogen-bond donors (Lipinski definition) is 2. The standard InChI is InChI=1S/C10H12BrNO3/c11-7-3-6(8(13)5-12)4-9-10(7)15-2-1-14-9/h3-4,8,13H,1-2,5,12H2. The highest BCUT2D eigenvalue weighted by molar-refractivity contribution is 9.10. The van der Waals surface area contributed by atoms with Crippen LogP contribution in [0.5, 0.6) is 11.5 Å². The van der Waals surface area contributed by atoms with Gasteiger partial charge in [-0.25, -0.2) is 0 Å². The van der Waals surface area contributed by atoms with Gasteiger partial charge in [-0.2, -0.15) is 0 Å². The number of benzene rings is 1. The Balaban J connectivity index is 2.40. The van der Waals surface area contributed by atoms with E-state index in [4.69, 9.17) is 15.2 Å². The summed E-state index contributed by atoms with van der Waals surface area (Å²) in [5, 5.41) is 9.61. The first-order valence-electron chi connectivity index (χ1n) is 4.69. The molecule has 82 valence electrons. The highest BCUT2D eigenvalue weighted by Gasteiger charge is 2.18. The number of ether oxygens (including phenoxy) is 2. The van der Waals surface area contributed by atoms with Gasteiger partial charge in [-0.3, -0.25) is 0 Å². The number of rotatable bonds is 2. The first-order chi connectivity index (χ1) is 7.22. The van der Waals surface area contributed by atoms with E-state index in [1.165, 1.54) is 0 Å². The summed E-state index contributed by atoms with van der Waals surface area (Å²) >= 11 is 3.37. The molecule has 1 aromatic rings. The molecule has 3 N–H and O–H groups in total. The van der Waals surface area contributed by atoms with Crippen molar-refractivity contribution in [2.45, 2.75) is 6.10 Å². The fourth-order valence-corrected chi connectivity index (χ4v) is 2.03. The Morgan fingerprint density at radius 3 is 2.87 bits per heavy atom. The quantitative estimate of drug-likeness (QED) is 0.850. The predicted octanol–water partition coefficient (Wildman–Crippen LogP) is 1.21. The second-order valence-corrected chi connectivity index (χ2v) is 4.13. The molecule has 0 radical (unpaired) electrons. The fraction of sp³-hybridized carbons (Fsp3) is 0.400. The van der Waals surface area contributed by atoms with Crippen molar-refractivity contribution in [3.8, 4) is 11.5 Å². The van der Waals surface area contributed by atoms with Gasteiger partial charge in [0.15, 0.2) is 11.5 Å². The Kier molecular flexibility index (Phi) is 3.14. The molecule has 1 heterocycles. The van der Waals surface area contributed by atoms with E-state index in [0.29, 0.717) is 24.7 Å². The monoisotopic (exact) mass is 273 g/mol. The maximum absolute atomic E-state index is 9.61. The molecule has 0 aromatic heterocycles. The number of nitrogens with two attached hydrogens (primary N) is 1. The maximum Gasteiger partial charge on any atom is 0.175 e. The summed E-state index contributed by atoms with van der Waals surface area (Å²) in [4.78, 5) is 0. The van der Waals surface area contributed by atoms with Crippen molar-refractivity contribution in [3.63, 3.8) is 0 Å². The summed E-state index contributed by atoms with van der Waals surface area (Å²) in [7, 11) is 0. The molecule has 15 heavy (non-hydrogen) atoms. The third-order valence-corrected chi connectivity index (χ3v) is 2.82. The smallest absolute Gasteiger partial charge is 0.175 e. The van der Waals surface area contributed by atoms with Crippen LogP contribution >= 0.6 is 15.9 Å². The van der Waals surface area contributed by atoms with Gasteiger partial charge in [0.05, 0.1) is 10.6 Å². The Morgan fingerprint density at radius 1 is 1.40 bits per heavy atom. The number of hydrogen-bond acceptors (Lipinski definition) is 4. The molecule has 1 aromatic carbocycles. The molecule has 0 saturated carbocycles. The van der Waals surface area contributed by atoms with Gasteiger partial charge in [0.25, 0.3) is 0 Å². The van der Waals surface area contributed by atoms with E-state index in [-0.39, 0.29) is 6.54 Å². The van der Waals surface area contributed by atoms with Crippen molar-refractivity contribution in [2.24, 2.45) is 5.73 Å². The summed E-state index contributed by atoms with van der Waals surface area (Å²) in [5.74, 6) is 1.34. The summed E-state index contributed by atoms with van der Waals surface area (Å²) in [6, 6.07) is 3.56. The van der Waals surface area contributed by atoms with Crippen LogP contribution in [0.3, 0.4) is 0 Å². The van der Waals surface area contributed by atoms with E-state index in [1.807, 2.05) is 0 Å². The average Bonchev–Trinajstić information content (AvgIpc) is 2.28. The topological polar surface area (TPSA) is 64.7 Å². The molecule has 1 aliphatic rings. The van der Waals surface area contributed by atoms with E-state index in [9.17, 15) is 5.11 Å². The van der Waals surface area contributed by atoms with Crippen LogP contribution in [-0.2, 0) is 0 Å². The molecule has 0 amide bonds. The number of fused-ring (bicyclic) bond motifs is 1. The summed E-state index contributed by atoms with van der Waals surface area (Å²) in [6.45, 7) is 1.26. The van der Waals surface area contributed by atoms with E-state index in [0.717, 1.165) is 10.0 Å². The molecule has 1 unspecified atom stereocenters. The third-order valence-electron chi connectivity index (χ3n) is 2.23. The third kappa shape index (κ3) is 2.09. The molecule has 2 rings (SSSR count). The minimum absolute atomic E-state index is 0.187. The van der Waals surface area contributed by atoms with E-state index >= 15 is 0 Å². The highest BCUT2D eigenvalue weighted by atomic mass is 79.9. The van der Waals surface area contributed by atoms with Gasteiger partial charge >= 0.3 is 0 Å². The molecule has 0 saturated heterocycles. The van der Waals surface area contributed by atoms with Crippen LogP contribution in [-0.4, -0.2) is 24.9 Å². The molecule has 1 aliphatic heterocycles. The molecule has 0 aliphatic carbocycles. The molecule has 0 bridgehead atoms. The SMILES string of the molecule is NCC(O)c1cc(Br)c2c(c1)OCCO2. The first kappa shape index (κ1) is 10.7. The van der Waals surface area contributed by atoms with Gasteiger partial charge in [0.1, 0.15) is 13.2 Å².